The SMILES string of the molecule is CCCN(CC(F)(F)F)c1ccc(CN)cc1. The maximum Gasteiger partial charge on any atom is 0.405 e. The van der Waals surface area contributed by atoms with E-state index < -0.39 is 12.7 Å². The molecule has 0 fully saturated rings. The van der Waals surface area contributed by atoms with E-state index in [-0.39, 0.29) is 0 Å². The Balaban J connectivity index is 2.81. The zero-order valence-electron chi connectivity index (χ0n) is 9.80. The molecule has 0 atom stereocenters. The van der Waals surface area contributed by atoms with Crippen molar-refractivity contribution in [1.29, 1.82) is 0 Å². The molecule has 5 heteroatoms. The predicted molar refractivity (Wildman–Crippen MR) is 62.9 cm³/mol. The van der Waals surface area contributed by atoms with Crippen LogP contribution >= 0.6 is 0 Å². The summed E-state index contributed by atoms with van der Waals surface area (Å²) in [6, 6.07) is 6.88. The van der Waals surface area contributed by atoms with Crippen LogP contribution in [0.4, 0.5) is 18.9 Å². The predicted octanol–water partition coefficient (Wildman–Crippen LogP) is 2.92. The average Bonchev–Trinajstić information content (AvgIpc) is 2.27. The topological polar surface area (TPSA) is 29.3 Å². The number of anilines is 1. The van der Waals surface area contributed by atoms with Gasteiger partial charge in [-0.2, -0.15) is 13.2 Å². The first kappa shape index (κ1) is 13.8. The van der Waals surface area contributed by atoms with Crippen molar-refractivity contribution in [1.82, 2.24) is 0 Å². The van der Waals surface area contributed by atoms with E-state index >= 15 is 0 Å². The van der Waals surface area contributed by atoms with E-state index in [2.05, 4.69) is 0 Å². The normalized spacial score (nSPS) is 11.6. The summed E-state index contributed by atoms with van der Waals surface area (Å²) >= 11 is 0. The summed E-state index contributed by atoms with van der Waals surface area (Å²) in [4.78, 5) is 1.33. The van der Waals surface area contributed by atoms with Crippen LogP contribution in [0.2, 0.25) is 0 Å². The third-order valence-electron chi connectivity index (χ3n) is 2.40. The van der Waals surface area contributed by atoms with Gasteiger partial charge in [-0.3, -0.25) is 0 Å². The number of benzene rings is 1. The minimum atomic E-state index is -4.18. The summed E-state index contributed by atoms with van der Waals surface area (Å²) < 4.78 is 37.2. The lowest BCUT2D eigenvalue weighted by Gasteiger charge is -2.25. The van der Waals surface area contributed by atoms with Crippen molar-refractivity contribution in [2.24, 2.45) is 5.73 Å². The maximum atomic E-state index is 12.4. The number of nitrogens with zero attached hydrogens (tertiary/aromatic N) is 1. The van der Waals surface area contributed by atoms with Gasteiger partial charge in [0.1, 0.15) is 6.54 Å². The van der Waals surface area contributed by atoms with E-state index in [1.165, 1.54) is 4.90 Å². The van der Waals surface area contributed by atoms with Gasteiger partial charge in [0.15, 0.2) is 0 Å². The van der Waals surface area contributed by atoms with E-state index in [0.717, 1.165) is 5.56 Å². The number of halogens is 3. The smallest absolute Gasteiger partial charge is 0.363 e. The zero-order valence-corrected chi connectivity index (χ0v) is 9.80. The molecule has 17 heavy (non-hydrogen) atoms. The van der Waals surface area contributed by atoms with Gasteiger partial charge < -0.3 is 10.6 Å². The van der Waals surface area contributed by atoms with E-state index in [0.29, 0.717) is 25.2 Å². The second-order valence-corrected chi connectivity index (χ2v) is 3.91. The Labute approximate surface area is 99.2 Å². The molecular weight excluding hydrogens is 229 g/mol. The molecule has 0 aliphatic heterocycles. The van der Waals surface area contributed by atoms with E-state index in [1.54, 1.807) is 24.3 Å². The fraction of sp³-hybridized carbons (Fsp3) is 0.500. The van der Waals surface area contributed by atoms with Gasteiger partial charge in [-0.1, -0.05) is 19.1 Å². The molecule has 0 unspecified atom stereocenters. The second kappa shape index (κ2) is 5.91. The molecule has 2 N–H and O–H groups in total. The van der Waals surface area contributed by atoms with Crippen molar-refractivity contribution in [3.05, 3.63) is 29.8 Å². The van der Waals surface area contributed by atoms with Crippen LogP contribution in [0.1, 0.15) is 18.9 Å². The quantitative estimate of drug-likeness (QED) is 0.865. The lowest BCUT2D eigenvalue weighted by atomic mass is 10.2. The van der Waals surface area contributed by atoms with Crippen molar-refractivity contribution in [2.75, 3.05) is 18.0 Å². The summed E-state index contributed by atoms with van der Waals surface area (Å²) in [6.07, 6.45) is -3.50. The van der Waals surface area contributed by atoms with Crippen LogP contribution in [-0.2, 0) is 6.54 Å². The first-order chi connectivity index (χ1) is 7.96. The molecule has 0 radical (unpaired) electrons. The van der Waals surface area contributed by atoms with Gasteiger partial charge in [-0.25, -0.2) is 0 Å². The number of hydrogen-bond donors (Lipinski definition) is 1. The van der Waals surface area contributed by atoms with Crippen LogP contribution in [0.5, 0.6) is 0 Å². The van der Waals surface area contributed by atoms with Crippen LogP contribution in [-0.4, -0.2) is 19.3 Å². The van der Waals surface area contributed by atoms with Crippen molar-refractivity contribution < 1.29 is 13.2 Å². The largest absolute Gasteiger partial charge is 0.405 e. The van der Waals surface area contributed by atoms with Crippen LogP contribution in [0.3, 0.4) is 0 Å². The van der Waals surface area contributed by atoms with Crippen molar-refractivity contribution >= 4 is 5.69 Å². The summed E-state index contributed by atoms with van der Waals surface area (Å²) in [5, 5.41) is 0. The zero-order chi connectivity index (χ0) is 12.9. The first-order valence-corrected chi connectivity index (χ1v) is 5.57. The van der Waals surface area contributed by atoms with Crippen LogP contribution in [0.25, 0.3) is 0 Å². The Morgan fingerprint density at radius 3 is 2.18 bits per heavy atom. The Hall–Kier alpha value is -1.23. The number of nitrogens with two attached hydrogens (primary N) is 1. The van der Waals surface area contributed by atoms with Gasteiger partial charge in [0, 0.05) is 18.8 Å². The highest BCUT2D eigenvalue weighted by Crippen LogP contribution is 2.22. The Bertz CT molecular complexity index is 333. The van der Waals surface area contributed by atoms with E-state index in [9.17, 15) is 13.2 Å². The average molecular weight is 246 g/mol. The van der Waals surface area contributed by atoms with Crippen LogP contribution in [0, 0.1) is 0 Å². The number of hydrogen-bond acceptors (Lipinski definition) is 2. The highest BCUT2D eigenvalue weighted by atomic mass is 19.4. The Morgan fingerprint density at radius 2 is 1.76 bits per heavy atom. The minimum absolute atomic E-state index is 0.390. The maximum absolute atomic E-state index is 12.4. The van der Waals surface area contributed by atoms with E-state index in [1.807, 2.05) is 6.92 Å². The summed E-state index contributed by atoms with van der Waals surface area (Å²) in [5.41, 5.74) is 6.94. The van der Waals surface area contributed by atoms with Gasteiger partial charge in [0.05, 0.1) is 0 Å². The summed E-state index contributed by atoms with van der Waals surface area (Å²) in [5.74, 6) is 0. The van der Waals surface area contributed by atoms with Gasteiger partial charge >= 0.3 is 6.18 Å². The highest BCUT2D eigenvalue weighted by molar-refractivity contribution is 5.47. The third-order valence-corrected chi connectivity index (χ3v) is 2.40. The Morgan fingerprint density at radius 1 is 1.18 bits per heavy atom. The molecule has 1 aromatic rings. The van der Waals surface area contributed by atoms with Gasteiger partial charge in [-0.05, 0) is 24.1 Å². The number of rotatable bonds is 5. The molecule has 2 nitrogen and oxygen atoms in total. The van der Waals surface area contributed by atoms with Crippen molar-refractivity contribution in [2.45, 2.75) is 26.1 Å². The molecule has 0 bridgehead atoms. The highest BCUT2D eigenvalue weighted by Gasteiger charge is 2.30. The molecule has 0 spiro atoms. The monoisotopic (exact) mass is 246 g/mol. The third kappa shape index (κ3) is 4.65. The lowest BCUT2D eigenvalue weighted by Crippen LogP contribution is -2.34. The lowest BCUT2D eigenvalue weighted by molar-refractivity contribution is -0.119. The van der Waals surface area contributed by atoms with Crippen molar-refractivity contribution in [3.63, 3.8) is 0 Å². The molecule has 1 rings (SSSR count). The molecule has 96 valence electrons. The fourth-order valence-electron chi connectivity index (χ4n) is 1.63. The molecule has 0 aromatic heterocycles. The van der Waals surface area contributed by atoms with Gasteiger partial charge in [0.25, 0.3) is 0 Å². The molecule has 0 amide bonds. The van der Waals surface area contributed by atoms with Crippen LogP contribution < -0.4 is 10.6 Å². The molecular formula is C12H17F3N2. The second-order valence-electron chi connectivity index (χ2n) is 3.91. The molecule has 0 heterocycles. The molecule has 0 saturated heterocycles. The van der Waals surface area contributed by atoms with Gasteiger partial charge in [-0.15, -0.1) is 0 Å². The first-order valence-electron chi connectivity index (χ1n) is 5.57. The standard InChI is InChI=1S/C12H17F3N2/c1-2-7-17(9-12(13,14)15)11-5-3-10(8-16)4-6-11/h3-6H,2,7-9,16H2,1H3. The van der Waals surface area contributed by atoms with E-state index in [4.69, 9.17) is 5.73 Å². The fourth-order valence-corrected chi connectivity index (χ4v) is 1.63. The van der Waals surface area contributed by atoms with Crippen LogP contribution in [0.15, 0.2) is 24.3 Å². The van der Waals surface area contributed by atoms with Crippen molar-refractivity contribution in [3.8, 4) is 0 Å². The molecule has 0 aliphatic carbocycles. The summed E-state index contributed by atoms with van der Waals surface area (Å²) in [6.45, 7) is 1.73. The molecule has 0 aliphatic rings. The molecule has 1 aromatic carbocycles. The number of alkyl halides is 3. The van der Waals surface area contributed by atoms with Gasteiger partial charge in [0.2, 0.25) is 0 Å². The Kier molecular flexibility index (Phi) is 4.81. The minimum Gasteiger partial charge on any atom is -0.363 e. The summed E-state index contributed by atoms with van der Waals surface area (Å²) in [7, 11) is 0. The molecule has 0 saturated carbocycles.